The van der Waals surface area contributed by atoms with Crippen LogP contribution in [0.4, 0.5) is 0 Å². The van der Waals surface area contributed by atoms with Crippen LogP contribution < -0.4 is 10.9 Å². The van der Waals surface area contributed by atoms with Crippen molar-refractivity contribution in [1.29, 1.82) is 0 Å². The molecular formula is C22H21N5O2. The summed E-state index contributed by atoms with van der Waals surface area (Å²) in [6.07, 6.45) is 9.64. The number of benzene rings is 1. The molecule has 29 heavy (non-hydrogen) atoms. The molecule has 0 saturated heterocycles. The molecule has 0 aliphatic heterocycles. The number of amides is 1. The average molecular weight is 387 g/mol. The van der Waals surface area contributed by atoms with Crippen molar-refractivity contribution in [1.82, 2.24) is 25.1 Å². The fourth-order valence-corrected chi connectivity index (χ4v) is 2.82. The molecule has 7 heteroatoms. The van der Waals surface area contributed by atoms with Crippen molar-refractivity contribution in [3.05, 3.63) is 113 Å². The van der Waals surface area contributed by atoms with Crippen LogP contribution in [0.15, 0.2) is 90.7 Å². The van der Waals surface area contributed by atoms with Crippen molar-refractivity contribution >= 4 is 5.91 Å². The van der Waals surface area contributed by atoms with E-state index in [1.54, 1.807) is 30.6 Å². The number of allylic oxidation sites excluding steroid dienone is 2. The monoisotopic (exact) mass is 387 g/mol. The Hall–Kier alpha value is -4.00. The smallest absolute Gasteiger partial charge is 0.265 e. The third-order valence-electron chi connectivity index (χ3n) is 4.25. The summed E-state index contributed by atoms with van der Waals surface area (Å²) in [5, 5.41) is 6.98. The van der Waals surface area contributed by atoms with Gasteiger partial charge in [-0.05, 0) is 23.6 Å². The van der Waals surface area contributed by atoms with Crippen LogP contribution in [0.5, 0.6) is 0 Å². The lowest BCUT2D eigenvalue weighted by atomic mass is 9.97. The highest BCUT2D eigenvalue weighted by Gasteiger charge is 2.20. The standard InChI is InChI=1S/C22H21N5O2/c1-4-9-16(5-2)19(17-10-7-6-8-11-17)25-20(28)18-13-23-22(26-21(18)29)27-14-15(3)12-24-27/h4-14,19H,1-2H2,3H3,(H,25,28)(H,23,26,29)/b16-9+. The van der Waals surface area contributed by atoms with E-state index in [2.05, 4.69) is 33.5 Å². The Morgan fingerprint density at radius 1 is 1.24 bits per heavy atom. The number of aromatic nitrogens is 4. The number of H-pyrrole nitrogens is 1. The van der Waals surface area contributed by atoms with Crippen LogP contribution in [0.2, 0.25) is 0 Å². The SMILES string of the molecule is C=C/C=C(\C=C)C(NC(=O)c1cnc(-n2cc(C)cn2)[nH]c1=O)c1ccccc1. The molecule has 1 unspecified atom stereocenters. The number of hydrogen-bond donors (Lipinski definition) is 2. The Morgan fingerprint density at radius 2 is 2.00 bits per heavy atom. The van der Waals surface area contributed by atoms with Gasteiger partial charge in [-0.15, -0.1) is 0 Å². The van der Waals surface area contributed by atoms with E-state index in [9.17, 15) is 9.59 Å². The minimum atomic E-state index is -0.555. The van der Waals surface area contributed by atoms with Crippen molar-refractivity contribution < 1.29 is 4.79 Å². The number of aryl methyl sites for hydroxylation is 1. The highest BCUT2D eigenvalue weighted by Crippen LogP contribution is 2.23. The molecule has 1 atom stereocenters. The molecule has 0 aliphatic rings. The third-order valence-corrected chi connectivity index (χ3v) is 4.25. The Kier molecular flexibility index (Phi) is 5.99. The van der Waals surface area contributed by atoms with E-state index >= 15 is 0 Å². The summed E-state index contributed by atoms with van der Waals surface area (Å²) in [5.74, 6) is -0.315. The van der Waals surface area contributed by atoms with Gasteiger partial charge in [0.15, 0.2) is 0 Å². The van der Waals surface area contributed by atoms with Crippen LogP contribution in [0.25, 0.3) is 5.95 Å². The van der Waals surface area contributed by atoms with Crippen molar-refractivity contribution in [3.8, 4) is 5.95 Å². The molecule has 2 heterocycles. The molecule has 0 saturated carbocycles. The number of rotatable bonds is 7. The van der Waals surface area contributed by atoms with Gasteiger partial charge in [0, 0.05) is 12.4 Å². The van der Waals surface area contributed by atoms with Crippen molar-refractivity contribution in [2.24, 2.45) is 0 Å². The second-order valence-corrected chi connectivity index (χ2v) is 6.34. The van der Waals surface area contributed by atoms with Gasteiger partial charge in [-0.3, -0.25) is 14.6 Å². The molecule has 146 valence electrons. The molecule has 1 aromatic carbocycles. The summed E-state index contributed by atoms with van der Waals surface area (Å²) in [4.78, 5) is 32.1. The quantitative estimate of drug-likeness (QED) is 0.610. The Morgan fingerprint density at radius 3 is 2.59 bits per heavy atom. The zero-order chi connectivity index (χ0) is 20.8. The van der Waals surface area contributed by atoms with E-state index in [0.717, 1.165) is 16.7 Å². The van der Waals surface area contributed by atoms with Crippen LogP contribution in [0, 0.1) is 6.92 Å². The van der Waals surface area contributed by atoms with Crippen molar-refractivity contribution in [2.75, 3.05) is 0 Å². The fraction of sp³-hybridized carbons (Fsp3) is 0.0909. The van der Waals surface area contributed by atoms with Crippen LogP contribution in [-0.2, 0) is 0 Å². The fourth-order valence-electron chi connectivity index (χ4n) is 2.82. The Balaban J connectivity index is 1.92. The predicted molar refractivity (Wildman–Crippen MR) is 112 cm³/mol. The van der Waals surface area contributed by atoms with Gasteiger partial charge in [0.1, 0.15) is 5.56 Å². The summed E-state index contributed by atoms with van der Waals surface area (Å²) in [5.41, 5.74) is 1.86. The Labute approximate surface area is 168 Å². The lowest BCUT2D eigenvalue weighted by molar-refractivity contribution is 0.0941. The molecule has 3 rings (SSSR count). The van der Waals surface area contributed by atoms with E-state index in [1.807, 2.05) is 37.3 Å². The summed E-state index contributed by atoms with van der Waals surface area (Å²) >= 11 is 0. The van der Waals surface area contributed by atoms with Crippen LogP contribution in [0.1, 0.15) is 27.5 Å². The number of carbonyl (C=O) groups excluding carboxylic acids is 1. The second-order valence-electron chi connectivity index (χ2n) is 6.34. The summed E-state index contributed by atoms with van der Waals surface area (Å²) in [7, 11) is 0. The molecule has 0 radical (unpaired) electrons. The topological polar surface area (TPSA) is 92.7 Å². The second kappa shape index (κ2) is 8.79. The number of nitrogens with one attached hydrogen (secondary N) is 2. The van der Waals surface area contributed by atoms with E-state index < -0.39 is 17.5 Å². The maximum absolute atomic E-state index is 12.8. The number of hydrogen-bond acceptors (Lipinski definition) is 4. The minimum absolute atomic E-state index is 0.0967. The van der Waals surface area contributed by atoms with E-state index in [0.29, 0.717) is 0 Å². The first-order valence-electron chi connectivity index (χ1n) is 8.95. The third kappa shape index (κ3) is 4.47. The molecule has 1 amide bonds. The molecule has 3 aromatic rings. The number of carbonyl (C=O) groups is 1. The van der Waals surface area contributed by atoms with Crippen molar-refractivity contribution in [3.63, 3.8) is 0 Å². The first-order valence-corrected chi connectivity index (χ1v) is 8.95. The normalized spacial score (nSPS) is 12.2. The lowest BCUT2D eigenvalue weighted by Gasteiger charge is -2.20. The predicted octanol–water partition coefficient (Wildman–Crippen LogP) is 3.03. The van der Waals surface area contributed by atoms with Crippen LogP contribution >= 0.6 is 0 Å². The molecule has 0 fully saturated rings. The van der Waals surface area contributed by atoms with Crippen molar-refractivity contribution in [2.45, 2.75) is 13.0 Å². The van der Waals surface area contributed by atoms with Gasteiger partial charge in [-0.25, -0.2) is 9.67 Å². The number of nitrogens with zero attached hydrogens (tertiary/aromatic N) is 3. The molecule has 0 spiro atoms. The first-order chi connectivity index (χ1) is 14.0. The maximum Gasteiger partial charge on any atom is 0.265 e. The van der Waals surface area contributed by atoms with Crippen LogP contribution in [0.3, 0.4) is 0 Å². The summed E-state index contributed by atoms with van der Waals surface area (Å²) in [6.45, 7) is 9.40. The molecule has 7 nitrogen and oxygen atoms in total. The molecule has 2 N–H and O–H groups in total. The van der Waals surface area contributed by atoms with Gasteiger partial charge in [-0.2, -0.15) is 5.10 Å². The molecule has 0 bridgehead atoms. The maximum atomic E-state index is 12.8. The largest absolute Gasteiger partial charge is 0.341 e. The van der Waals surface area contributed by atoms with Gasteiger partial charge in [-0.1, -0.05) is 61.7 Å². The van der Waals surface area contributed by atoms with E-state index in [1.165, 1.54) is 10.9 Å². The van der Waals surface area contributed by atoms with Gasteiger partial charge in [0.25, 0.3) is 11.5 Å². The number of aromatic amines is 1. The summed E-state index contributed by atoms with van der Waals surface area (Å²) < 4.78 is 1.44. The van der Waals surface area contributed by atoms with Gasteiger partial charge < -0.3 is 5.32 Å². The zero-order valence-corrected chi connectivity index (χ0v) is 16.0. The Bertz CT molecular complexity index is 1130. The van der Waals surface area contributed by atoms with Gasteiger partial charge in [0.2, 0.25) is 5.95 Å². The molecular weight excluding hydrogens is 366 g/mol. The zero-order valence-electron chi connectivity index (χ0n) is 16.0. The molecule has 2 aromatic heterocycles. The average Bonchev–Trinajstić information content (AvgIpc) is 3.17. The highest BCUT2D eigenvalue weighted by molar-refractivity contribution is 5.94. The van der Waals surface area contributed by atoms with Gasteiger partial charge in [0.05, 0.1) is 12.2 Å². The van der Waals surface area contributed by atoms with Gasteiger partial charge >= 0.3 is 0 Å². The van der Waals surface area contributed by atoms with E-state index in [-0.39, 0.29) is 11.5 Å². The van der Waals surface area contributed by atoms with E-state index in [4.69, 9.17) is 0 Å². The first kappa shape index (κ1) is 19.8. The lowest BCUT2D eigenvalue weighted by Crippen LogP contribution is -2.34. The highest BCUT2D eigenvalue weighted by atomic mass is 16.2. The summed E-state index contributed by atoms with van der Waals surface area (Å²) in [6, 6.07) is 8.91. The minimum Gasteiger partial charge on any atom is -0.341 e. The van der Waals surface area contributed by atoms with Crippen LogP contribution in [-0.4, -0.2) is 25.7 Å². The molecule has 0 aliphatic carbocycles.